The number of para-hydroxylation sites is 2. The molecule has 54 heavy (non-hydrogen) atoms. The monoisotopic (exact) mass is 685 g/mol. The molecule has 9 aromatic rings. The van der Waals surface area contributed by atoms with Gasteiger partial charge in [-0.2, -0.15) is 0 Å². The van der Waals surface area contributed by atoms with Gasteiger partial charge in [0.05, 0.1) is 11.1 Å². The second-order valence-electron chi connectivity index (χ2n) is 14.4. The van der Waals surface area contributed by atoms with E-state index in [0.717, 1.165) is 17.1 Å². The van der Waals surface area contributed by atoms with Crippen LogP contribution in [-0.2, 0) is 5.41 Å². The van der Waals surface area contributed by atoms with Gasteiger partial charge in [-0.1, -0.05) is 182 Å². The highest BCUT2D eigenvalue weighted by Gasteiger charge is 2.50. The Bertz CT molecular complexity index is 2890. The molecule has 0 heterocycles. The van der Waals surface area contributed by atoms with Crippen molar-refractivity contribution in [1.29, 1.82) is 0 Å². The van der Waals surface area contributed by atoms with Crippen LogP contribution in [0, 0.1) is 0 Å². The maximum absolute atomic E-state index is 2.50. The van der Waals surface area contributed by atoms with E-state index < -0.39 is 5.41 Å². The summed E-state index contributed by atoms with van der Waals surface area (Å²) in [5.74, 6) is 0. The van der Waals surface area contributed by atoms with E-state index in [2.05, 4.69) is 217 Å². The van der Waals surface area contributed by atoms with Crippen molar-refractivity contribution >= 4 is 27.8 Å². The van der Waals surface area contributed by atoms with E-state index in [0.29, 0.717) is 0 Å². The third-order valence-corrected chi connectivity index (χ3v) is 11.7. The van der Waals surface area contributed by atoms with Crippen molar-refractivity contribution in [2.24, 2.45) is 0 Å². The van der Waals surface area contributed by atoms with Crippen LogP contribution in [0.25, 0.3) is 55.3 Å². The van der Waals surface area contributed by atoms with Crippen molar-refractivity contribution in [3.8, 4) is 44.5 Å². The van der Waals surface area contributed by atoms with Gasteiger partial charge in [-0.05, 0) is 102 Å². The van der Waals surface area contributed by atoms with Gasteiger partial charge < -0.3 is 4.90 Å². The second-order valence-corrected chi connectivity index (χ2v) is 14.4. The third-order valence-electron chi connectivity index (χ3n) is 11.7. The van der Waals surface area contributed by atoms with Gasteiger partial charge in [-0.25, -0.2) is 0 Å². The Labute approximate surface area is 316 Å². The molecule has 252 valence electrons. The van der Waals surface area contributed by atoms with Crippen molar-refractivity contribution in [2.75, 3.05) is 4.90 Å². The molecule has 1 nitrogen and oxygen atoms in total. The minimum Gasteiger partial charge on any atom is -0.310 e. The number of hydrogen-bond acceptors (Lipinski definition) is 1. The quantitative estimate of drug-likeness (QED) is 0.178. The van der Waals surface area contributed by atoms with E-state index in [4.69, 9.17) is 0 Å². The maximum atomic E-state index is 2.50. The Morgan fingerprint density at radius 1 is 0.315 bits per heavy atom. The largest absolute Gasteiger partial charge is 0.310 e. The van der Waals surface area contributed by atoms with Crippen LogP contribution >= 0.6 is 0 Å². The molecule has 0 aliphatic heterocycles. The predicted molar refractivity (Wildman–Crippen MR) is 226 cm³/mol. The summed E-state index contributed by atoms with van der Waals surface area (Å²) < 4.78 is 0. The molecule has 0 saturated carbocycles. The Kier molecular flexibility index (Phi) is 6.84. The fourth-order valence-electron chi connectivity index (χ4n) is 9.52. The van der Waals surface area contributed by atoms with E-state index in [9.17, 15) is 0 Å². The summed E-state index contributed by atoms with van der Waals surface area (Å²) in [6.07, 6.45) is 0. The maximum Gasteiger partial charge on any atom is 0.0726 e. The van der Waals surface area contributed by atoms with Crippen LogP contribution < -0.4 is 4.90 Å². The molecule has 0 fully saturated rings. The van der Waals surface area contributed by atoms with Crippen molar-refractivity contribution in [3.05, 3.63) is 235 Å². The molecular weight excluding hydrogens is 651 g/mol. The zero-order valence-electron chi connectivity index (χ0n) is 29.7. The van der Waals surface area contributed by atoms with Crippen molar-refractivity contribution in [2.45, 2.75) is 5.41 Å². The fraction of sp³-hybridized carbons (Fsp3) is 0.0189. The summed E-state index contributed by atoms with van der Waals surface area (Å²) in [7, 11) is 0. The molecule has 11 rings (SSSR count). The Balaban J connectivity index is 1.29. The number of rotatable bonds is 4. The van der Waals surface area contributed by atoms with E-state index in [1.165, 1.54) is 77.5 Å². The first-order valence-electron chi connectivity index (χ1n) is 18.8. The average molecular weight is 686 g/mol. The number of fused-ring (bicyclic) bond motifs is 14. The topological polar surface area (TPSA) is 3.24 Å². The highest BCUT2D eigenvalue weighted by Crippen LogP contribution is 2.63. The molecule has 2 aliphatic carbocycles. The molecular formula is C53H35N. The van der Waals surface area contributed by atoms with Crippen LogP contribution in [0.3, 0.4) is 0 Å². The minimum absolute atomic E-state index is 0.585. The first-order valence-corrected chi connectivity index (χ1v) is 18.8. The summed E-state index contributed by atoms with van der Waals surface area (Å²) in [6, 6.07) is 78.5. The van der Waals surface area contributed by atoms with Gasteiger partial charge in [0, 0.05) is 16.9 Å². The average Bonchev–Trinajstić information content (AvgIpc) is 3.50. The summed E-state index contributed by atoms with van der Waals surface area (Å²) >= 11 is 0. The molecule has 2 aliphatic rings. The van der Waals surface area contributed by atoms with Crippen LogP contribution in [-0.4, -0.2) is 0 Å². The van der Waals surface area contributed by atoms with Crippen LogP contribution in [0.4, 0.5) is 17.1 Å². The molecule has 1 unspecified atom stereocenters. The zero-order chi connectivity index (χ0) is 35.6. The Morgan fingerprint density at radius 2 is 0.870 bits per heavy atom. The van der Waals surface area contributed by atoms with E-state index in [-0.39, 0.29) is 0 Å². The van der Waals surface area contributed by atoms with E-state index in [1.807, 2.05) is 0 Å². The number of nitrogens with zero attached hydrogens (tertiary/aromatic N) is 1. The van der Waals surface area contributed by atoms with Crippen LogP contribution in [0.5, 0.6) is 0 Å². The lowest BCUT2D eigenvalue weighted by Gasteiger charge is -2.36. The Morgan fingerprint density at radius 3 is 1.63 bits per heavy atom. The van der Waals surface area contributed by atoms with Crippen LogP contribution in [0.1, 0.15) is 22.3 Å². The summed E-state index contributed by atoms with van der Waals surface area (Å²) in [6.45, 7) is 0. The Hall–Kier alpha value is -6.96. The first-order chi connectivity index (χ1) is 26.8. The molecule has 1 spiro atoms. The van der Waals surface area contributed by atoms with Gasteiger partial charge in [0.1, 0.15) is 0 Å². The van der Waals surface area contributed by atoms with Gasteiger partial charge in [-0.3, -0.25) is 0 Å². The second kappa shape index (κ2) is 12.0. The summed E-state index contributed by atoms with van der Waals surface area (Å²) in [5, 5.41) is 2.55. The minimum atomic E-state index is -0.585. The third kappa shape index (κ3) is 4.33. The van der Waals surface area contributed by atoms with Crippen LogP contribution in [0.2, 0.25) is 0 Å². The molecule has 0 N–H and O–H groups in total. The van der Waals surface area contributed by atoms with Gasteiger partial charge in [0.2, 0.25) is 0 Å². The van der Waals surface area contributed by atoms with Crippen molar-refractivity contribution < 1.29 is 0 Å². The van der Waals surface area contributed by atoms with Crippen molar-refractivity contribution in [1.82, 2.24) is 0 Å². The molecule has 9 aromatic carbocycles. The molecule has 0 bridgehead atoms. The number of hydrogen-bond donors (Lipinski definition) is 0. The summed E-state index contributed by atoms with van der Waals surface area (Å²) in [4.78, 5) is 2.45. The molecule has 0 saturated heterocycles. The number of anilines is 3. The first kappa shape index (κ1) is 30.6. The molecule has 0 aromatic heterocycles. The van der Waals surface area contributed by atoms with Crippen LogP contribution in [0.15, 0.2) is 212 Å². The highest BCUT2D eigenvalue weighted by molar-refractivity contribution is 6.06. The van der Waals surface area contributed by atoms with Gasteiger partial charge in [0.25, 0.3) is 0 Å². The van der Waals surface area contributed by atoms with E-state index >= 15 is 0 Å². The standard InChI is InChI=1S/C53H35N/c1-3-17-36(18-4-1)40-22-13-16-30-51(40)54(38-20-5-2-6-21-38)39-32-33-45-43-25-10-9-24-42(43)44-26-11-14-28-47(44)53(50(45)35-39)48-29-15-12-27-46(48)52-41-23-8-7-19-37(41)31-34-49(52)53/h1-35H. The number of benzene rings is 9. The molecule has 1 atom stereocenters. The van der Waals surface area contributed by atoms with Gasteiger partial charge in [0.15, 0.2) is 0 Å². The highest BCUT2D eigenvalue weighted by atomic mass is 15.1. The van der Waals surface area contributed by atoms with E-state index in [1.54, 1.807) is 0 Å². The van der Waals surface area contributed by atoms with Gasteiger partial charge >= 0.3 is 0 Å². The molecule has 0 radical (unpaired) electrons. The lowest BCUT2D eigenvalue weighted by Crippen LogP contribution is -2.29. The predicted octanol–water partition coefficient (Wildman–Crippen LogP) is 14.0. The zero-order valence-corrected chi connectivity index (χ0v) is 29.7. The summed E-state index contributed by atoms with van der Waals surface area (Å²) in [5.41, 5.74) is 18.1. The van der Waals surface area contributed by atoms with Crippen molar-refractivity contribution in [3.63, 3.8) is 0 Å². The molecule has 1 heteroatoms. The molecule has 0 amide bonds. The smallest absolute Gasteiger partial charge is 0.0726 e. The lowest BCUT2D eigenvalue weighted by atomic mass is 9.65. The normalized spacial score (nSPS) is 14.7. The van der Waals surface area contributed by atoms with Gasteiger partial charge in [-0.15, -0.1) is 0 Å². The SMILES string of the molecule is c1ccc(-c2ccccc2N(c2ccccc2)c2ccc3c(c2)C2(c4ccccc4-c4ccccc4-3)c3ccccc3-c3c2ccc2ccccc32)cc1. The lowest BCUT2D eigenvalue weighted by molar-refractivity contribution is 0.776. The fourth-order valence-corrected chi connectivity index (χ4v) is 9.52.